The second-order valence-corrected chi connectivity index (χ2v) is 4.39. The summed E-state index contributed by atoms with van der Waals surface area (Å²) in [5.41, 5.74) is 2.03. The minimum atomic E-state index is 0.850. The third-order valence-corrected chi connectivity index (χ3v) is 3.12. The summed E-state index contributed by atoms with van der Waals surface area (Å²) in [6, 6.07) is 22.5. The average Bonchev–Trinajstić information content (AvgIpc) is 2.47. The van der Waals surface area contributed by atoms with Gasteiger partial charge in [0.1, 0.15) is 5.75 Å². The largest absolute Gasteiger partial charge is 0.495 e. The smallest absolute Gasteiger partial charge is 0.142 e. The van der Waals surface area contributed by atoms with Crippen molar-refractivity contribution in [1.82, 2.24) is 0 Å². The highest BCUT2D eigenvalue weighted by Crippen LogP contribution is 2.32. The van der Waals surface area contributed by atoms with Gasteiger partial charge in [-0.2, -0.15) is 0 Å². The molecule has 2 heteroatoms. The van der Waals surface area contributed by atoms with Gasteiger partial charge in [-0.1, -0.05) is 42.5 Å². The summed E-state index contributed by atoms with van der Waals surface area (Å²) in [4.78, 5) is 0. The molecular formula is C17H15NO. The van der Waals surface area contributed by atoms with Crippen LogP contribution >= 0.6 is 0 Å². The molecule has 0 aliphatic carbocycles. The molecule has 0 bridgehead atoms. The van der Waals surface area contributed by atoms with Gasteiger partial charge in [0.25, 0.3) is 0 Å². The van der Waals surface area contributed by atoms with Crippen LogP contribution in [0, 0.1) is 0 Å². The maximum Gasteiger partial charge on any atom is 0.142 e. The van der Waals surface area contributed by atoms with Crippen molar-refractivity contribution < 1.29 is 4.74 Å². The molecule has 3 aromatic carbocycles. The Morgan fingerprint density at radius 1 is 0.789 bits per heavy atom. The summed E-state index contributed by atoms with van der Waals surface area (Å²) >= 11 is 0. The maximum absolute atomic E-state index is 5.46. The van der Waals surface area contributed by atoms with Gasteiger partial charge in [-0.15, -0.1) is 0 Å². The van der Waals surface area contributed by atoms with Crippen LogP contribution in [0.5, 0.6) is 5.75 Å². The molecule has 0 aromatic heterocycles. The van der Waals surface area contributed by atoms with E-state index >= 15 is 0 Å². The Hall–Kier alpha value is -2.48. The maximum atomic E-state index is 5.46. The Kier molecular flexibility index (Phi) is 3.07. The molecule has 3 aromatic rings. The van der Waals surface area contributed by atoms with Crippen molar-refractivity contribution in [3.8, 4) is 5.75 Å². The number of rotatable bonds is 3. The molecule has 94 valence electrons. The number of hydrogen-bond acceptors (Lipinski definition) is 2. The zero-order valence-corrected chi connectivity index (χ0v) is 10.8. The highest BCUT2D eigenvalue weighted by atomic mass is 16.5. The summed E-state index contributed by atoms with van der Waals surface area (Å²) in [6.07, 6.45) is 0. The monoisotopic (exact) mass is 249 g/mol. The van der Waals surface area contributed by atoms with Crippen LogP contribution in [0.2, 0.25) is 0 Å². The van der Waals surface area contributed by atoms with E-state index in [0.29, 0.717) is 0 Å². The van der Waals surface area contributed by atoms with Crippen molar-refractivity contribution in [3.05, 3.63) is 66.7 Å². The van der Waals surface area contributed by atoms with Crippen LogP contribution in [-0.4, -0.2) is 7.11 Å². The normalized spacial score (nSPS) is 10.4. The summed E-state index contributed by atoms with van der Waals surface area (Å²) in [6.45, 7) is 0. The van der Waals surface area contributed by atoms with Crippen LogP contribution in [-0.2, 0) is 0 Å². The Morgan fingerprint density at radius 2 is 1.42 bits per heavy atom. The van der Waals surface area contributed by atoms with Crippen molar-refractivity contribution in [2.75, 3.05) is 12.4 Å². The number of benzene rings is 3. The van der Waals surface area contributed by atoms with Gasteiger partial charge in [0.2, 0.25) is 0 Å². The Bertz CT molecular complexity index is 692. The first-order valence-corrected chi connectivity index (χ1v) is 6.26. The number of hydrogen-bond donors (Lipinski definition) is 1. The van der Waals surface area contributed by atoms with Gasteiger partial charge >= 0.3 is 0 Å². The fourth-order valence-electron chi connectivity index (χ4n) is 2.16. The van der Waals surface area contributed by atoms with Gasteiger partial charge in [-0.05, 0) is 35.0 Å². The van der Waals surface area contributed by atoms with E-state index in [4.69, 9.17) is 4.74 Å². The molecule has 0 fully saturated rings. The molecule has 0 unspecified atom stereocenters. The molecule has 0 aliphatic heterocycles. The summed E-state index contributed by atoms with van der Waals surface area (Å²) in [7, 11) is 1.69. The third-order valence-electron chi connectivity index (χ3n) is 3.12. The first-order valence-electron chi connectivity index (χ1n) is 6.26. The predicted molar refractivity (Wildman–Crippen MR) is 80.2 cm³/mol. The zero-order chi connectivity index (χ0) is 13.1. The highest BCUT2D eigenvalue weighted by Gasteiger charge is 2.05. The molecule has 0 atom stereocenters. The van der Waals surface area contributed by atoms with Crippen LogP contribution in [0.4, 0.5) is 11.4 Å². The predicted octanol–water partition coefficient (Wildman–Crippen LogP) is 4.59. The molecule has 3 rings (SSSR count). The standard InChI is InChI=1S/C17H15NO/c1-19-17-12-14-8-6-5-7-13(14)11-16(17)18-15-9-3-2-4-10-15/h2-12,18H,1H3. The van der Waals surface area contributed by atoms with E-state index in [0.717, 1.165) is 17.1 Å². The number of para-hydroxylation sites is 1. The number of anilines is 2. The molecule has 0 radical (unpaired) electrons. The van der Waals surface area contributed by atoms with E-state index in [1.54, 1.807) is 7.11 Å². The number of nitrogens with one attached hydrogen (secondary N) is 1. The van der Waals surface area contributed by atoms with E-state index in [-0.39, 0.29) is 0 Å². The molecule has 0 heterocycles. The summed E-state index contributed by atoms with van der Waals surface area (Å²) in [5.74, 6) is 0.850. The van der Waals surface area contributed by atoms with Crippen LogP contribution < -0.4 is 10.1 Å². The van der Waals surface area contributed by atoms with Crippen molar-refractivity contribution in [2.24, 2.45) is 0 Å². The van der Waals surface area contributed by atoms with E-state index in [2.05, 4.69) is 29.6 Å². The van der Waals surface area contributed by atoms with Gasteiger partial charge in [-0.25, -0.2) is 0 Å². The van der Waals surface area contributed by atoms with Crippen molar-refractivity contribution in [3.63, 3.8) is 0 Å². The van der Waals surface area contributed by atoms with E-state index in [1.807, 2.05) is 42.5 Å². The molecule has 2 nitrogen and oxygen atoms in total. The summed E-state index contributed by atoms with van der Waals surface area (Å²) < 4.78 is 5.46. The number of ether oxygens (including phenoxy) is 1. The Balaban J connectivity index is 2.06. The van der Waals surface area contributed by atoms with Crippen LogP contribution in [0.25, 0.3) is 10.8 Å². The molecule has 1 N–H and O–H groups in total. The lowest BCUT2D eigenvalue weighted by Crippen LogP contribution is -1.94. The van der Waals surface area contributed by atoms with Crippen LogP contribution in [0.3, 0.4) is 0 Å². The molecule has 0 saturated heterocycles. The lowest BCUT2D eigenvalue weighted by Gasteiger charge is -2.12. The number of fused-ring (bicyclic) bond motifs is 1. The van der Waals surface area contributed by atoms with Crippen molar-refractivity contribution >= 4 is 22.1 Å². The molecule has 19 heavy (non-hydrogen) atoms. The topological polar surface area (TPSA) is 21.3 Å². The third kappa shape index (κ3) is 2.38. The van der Waals surface area contributed by atoms with Crippen molar-refractivity contribution in [1.29, 1.82) is 0 Å². The second kappa shape index (κ2) is 5.02. The molecule has 0 aliphatic rings. The van der Waals surface area contributed by atoms with Crippen molar-refractivity contribution in [2.45, 2.75) is 0 Å². The van der Waals surface area contributed by atoms with E-state index < -0.39 is 0 Å². The minimum absolute atomic E-state index is 0.850. The average molecular weight is 249 g/mol. The van der Waals surface area contributed by atoms with Crippen LogP contribution in [0.15, 0.2) is 66.7 Å². The number of methoxy groups -OCH3 is 1. The minimum Gasteiger partial charge on any atom is -0.495 e. The molecular weight excluding hydrogens is 234 g/mol. The zero-order valence-electron chi connectivity index (χ0n) is 10.8. The first-order chi connectivity index (χ1) is 9.36. The lowest BCUT2D eigenvalue weighted by atomic mass is 10.1. The highest BCUT2D eigenvalue weighted by molar-refractivity contribution is 5.89. The van der Waals surface area contributed by atoms with Gasteiger partial charge < -0.3 is 10.1 Å². The second-order valence-electron chi connectivity index (χ2n) is 4.39. The fourth-order valence-corrected chi connectivity index (χ4v) is 2.16. The van der Waals surface area contributed by atoms with E-state index in [9.17, 15) is 0 Å². The fraction of sp³-hybridized carbons (Fsp3) is 0.0588. The van der Waals surface area contributed by atoms with E-state index in [1.165, 1.54) is 10.8 Å². The SMILES string of the molecule is COc1cc2ccccc2cc1Nc1ccccc1. The van der Waals surface area contributed by atoms with Gasteiger partial charge in [0.15, 0.2) is 0 Å². The molecule has 0 spiro atoms. The van der Waals surface area contributed by atoms with Gasteiger partial charge in [0, 0.05) is 5.69 Å². The summed E-state index contributed by atoms with van der Waals surface area (Å²) in [5, 5.41) is 5.77. The lowest BCUT2D eigenvalue weighted by molar-refractivity contribution is 0.417. The molecule has 0 saturated carbocycles. The van der Waals surface area contributed by atoms with Gasteiger partial charge in [0.05, 0.1) is 12.8 Å². The Morgan fingerprint density at radius 3 is 2.11 bits per heavy atom. The van der Waals surface area contributed by atoms with Gasteiger partial charge in [-0.3, -0.25) is 0 Å². The quantitative estimate of drug-likeness (QED) is 0.733. The molecule has 0 amide bonds. The van der Waals surface area contributed by atoms with Crippen LogP contribution in [0.1, 0.15) is 0 Å². The Labute approximate surface area is 112 Å². The first kappa shape index (κ1) is 11.6.